The molecule has 0 aliphatic carbocycles. The Morgan fingerprint density at radius 3 is 2.69 bits per heavy atom. The maximum Gasteiger partial charge on any atom is 0.120 e. The maximum absolute atomic E-state index is 10.2. The summed E-state index contributed by atoms with van der Waals surface area (Å²) < 4.78 is 5.28. The van der Waals surface area contributed by atoms with E-state index in [0.29, 0.717) is 12.3 Å². The van der Waals surface area contributed by atoms with Gasteiger partial charge in [-0.25, -0.2) is 0 Å². The van der Waals surface area contributed by atoms with Crippen molar-refractivity contribution in [3.63, 3.8) is 0 Å². The molecule has 1 unspecified atom stereocenters. The van der Waals surface area contributed by atoms with Crippen molar-refractivity contribution in [2.45, 2.75) is 32.7 Å². The number of ether oxygens (including phenoxy) is 1. The van der Waals surface area contributed by atoms with E-state index in [1.54, 1.807) is 19.2 Å². The summed E-state index contributed by atoms with van der Waals surface area (Å²) in [4.78, 5) is 2.34. The SMILES string of the molecule is COc1ccc(O)c(CN2CCCC(CO)(Cc3ccccc3C)C2)c1. The van der Waals surface area contributed by atoms with Gasteiger partial charge in [-0.05, 0) is 62.1 Å². The summed E-state index contributed by atoms with van der Waals surface area (Å²) in [5.74, 6) is 1.05. The van der Waals surface area contributed by atoms with Gasteiger partial charge in [0.25, 0.3) is 0 Å². The van der Waals surface area contributed by atoms with Crippen LogP contribution < -0.4 is 4.74 Å². The van der Waals surface area contributed by atoms with Gasteiger partial charge in [-0.3, -0.25) is 4.90 Å². The van der Waals surface area contributed by atoms with Crippen LogP contribution in [0.5, 0.6) is 11.5 Å². The Morgan fingerprint density at radius 1 is 1.15 bits per heavy atom. The smallest absolute Gasteiger partial charge is 0.120 e. The highest BCUT2D eigenvalue weighted by Gasteiger charge is 2.35. The summed E-state index contributed by atoms with van der Waals surface area (Å²) in [7, 11) is 1.63. The first kappa shape index (κ1) is 18.7. The quantitative estimate of drug-likeness (QED) is 0.832. The average Bonchev–Trinajstić information content (AvgIpc) is 2.66. The van der Waals surface area contributed by atoms with E-state index in [9.17, 15) is 10.2 Å². The molecule has 0 aromatic heterocycles. The minimum absolute atomic E-state index is 0.126. The molecule has 140 valence electrons. The first-order chi connectivity index (χ1) is 12.5. The van der Waals surface area contributed by atoms with Gasteiger partial charge in [0, 0.05) is 24.1 Å². The number of piperidine rings is 1. The Labute approximate surface area is 156 Å². The molecule has 4 heteroatoms. The van der Waals surface area contributed by atoms with Gasteiger partial charge in [0.15, 0.2) is 0 Å². The van der Waals surface area contributed by atoms with Crippen LogP contribution in [-0.2, 0) is 13.0 Å². The van der Waals surface area contributed by atoms with E-state index in [-0.39, 0.29) is 12.0 Å². The second-order valence-electron chi connectivity index (χ2n) is 7.57. The summed E-state index contributed by atoms with van der Waals surface area (Å²) in [6, 6.07) is 13.8. The third-order valence-corrected chi connectivity index (χ3v) is 5.58. The molecule has 1 aliphatic rings. The van der Waals surface area contributed by atoms with Crippen LogP contribution in [0.25, 0.3) is 0 Å². The first-order valence-corrected chi connectivity index (χ1v) is 9.29. The number of aliphatic hydroxyl groups is 1. The lowest BCUT2D eigenvalue weighted by Crippen LogP contribution is -2.46. The topological polar surface area (TPSA) is 52.9 Å². The fourth-order valence-electron chi connectivity index (χ4n) is 4.04. The number of methoxy groups -OCH3 is 1. The minimum Gasteiger partial charge on any atom is -0.508 e. The number of benzene rings is 2. The summed E-state index contributed by atoms with van der Waals surface area (Å²) in [6.07, 6.45) is 2.96. The van der Waals surface area contributed by atoms with Crippen LogP contribution in [0.3, 0.4) is 0 Å². The molecule has 0 radical (unpaired) electrons. The zero-order valence-corrected chi connectivity index (χ0v) is 15.7. The van der Waals surface area contributed by atoms with Crippen LogP contribution in [-0.4, -0.2) is 41.9 Å². The lowest BCUT2D eigenvalue weighted by atomic mass is 9.75. The van der Waals surface area contributed by atoms with E-state index >= 15 is 0 Å². The van der Waals surface area contributed by atoms with Crippen molar-refractivity contribution in [3.8, 4) is 11.5 Å². The predicted octanol–water partition coefficient (Wildman–Crippen LogP) is 3.53. The molecule has 2 aromatic carbocycles. The first-order valence-electron chi connectivity index (χ1n) is 9.29. The number of rotatable bonds is 6. The van der Waals surface area contributed by atoms with Crippen LogP contribution in [0.4, 0.5) is 0 Å². The molecule has 1 fully saturated rings. The van der Waals surface area contributed by atoms with Crippen LogP contribution >= 0.6 is 0 Å². The van der Waals surface area contributed by atoms with E-state index in [1.807, 2.05) is 6.07 Å². The standard InChI is InChI=1S/C22H29NO3/c1-17-6-3-4-7-18(17)13-22(16-24)10-5-11-23(15-22)14-19-12-20(26-2)8-9-21(19)25/h3-4,6-9,12,24-25H,5,10-11,13-16H2,1-2H3. The van der Waals surface area contributed by atoms with Crippen molar-refractivity contribution in [3.05, 3.63) is 59.2 Å². The lowest BCUT2D eigenvalue weighted by Gasteiger charge is -2.42. The second kappa shape index (κ2) is 8.11. The zero-order valence-electron chi connectivity index (χ0n) is 15.7. The van der Waals surface area contributed by atoms with E-state index in [1.165, 1.54) is 11.1 Å². The molecule has 26 heavy (non-hydrogen) atoms. The maximum atomic E-state index is 10.2. The number of phenols is 1. The molecule has 0 saturated carbocycles. The Balaban J connectivity index is 1.76. The van der Waals surface area contributed by atoms with Crippen molar-refractivity contribution in [2.75, 3.05) is 26.8 Å². The Morgan fingerprint density at radius 2 is 1.96 bits per heavy atom. The fraction of sp³-hybridized carbons (Fsp3) is 0.455. The molecule has 2 aromatic rings. The van der Waals surface area contributed by atoms with Gasteiger partial charge in [0.2, 0.25) is 0 Å². The van der Waals surface area contributed by atoms with Gasteiger partial charge >= 0.3 is 0 Å². The number of phenolic OH excluding ortho intramolecular Hbond substituents is 1. The van der Waals surface area contributed by atoms with Gasteiger partial charge in [-0.1, -0.05) is 24.3 Å². The molecule has 1 atom stereocenters. The molecule has 2 N–H and O–H groups in total. The van der Waals surface area contributed by atoms with Gasteiger partial charge in [-0.15, -0.1) is 0 Å². The molecule has 1 heterocycles. The number of aliphatic hydroxyl groups excluding tert-OH is 1. The number of likely N-dealkylation sites (tertiary alicyclic amines) is 1. The van der Waals surface area contributed by atoms with Crippen LogP contribution in [0, 0.1) is 12.3 Å². The average molecular weight is 355 g/mol. The Kier molecular flexibility index (Phi) is 5.84. The molecule has 0 bridgehead atoms. The fourth-order valence-corrected chi connectivity index (χ4v) is 4.04. The predicted molar refractivity (Wildman–Crippen MR) is 104 cm³/mol. The number of nitrogens with zero attached hydrogens (tertiary/aromatic N) is 1. The molecule has 0 spiro atoms. The van der Waals surface area contributed by atoms with E-state index in [2.05, 4.69) is 36.1 Å². The highest BCUT2D eigenvalue weighted by Crippen LogP contribution is 2.35. The monoisotopic (exact) mass is 355 g/mol. The highest BCUT2D eigenvalue weighted by molar-refractivity contribution is 5.39. The van der Waals surface area contributed by atoms with E-state index in [4.69, 9.17) is 4.74 Å². The van der Waals surface area contributed by atoms with Gasteiger partial charge in [0.05, 0.1) is 13.7 Å². The van der Waals surface area contributed by atoms with Gasteiger partial charge < -0.3 is 14.9 Å². The summed E-state index contributed by atoms with van der Waals surface area (Å²) in [6.45, 7) is 4.79. The molecular formula is C22H29NO3. The summed E-state index contributed by atoms with van der Waals surface area (Å²) in [5, 5.41) is 20.4. The van der Waals surface area contributed by atoms with Crippen molar-refractivity contribution >= 4 is 0 Å². The molecule has 3 rings (SSSR count). The Hall–Kier alpha value is -2.04. The zero-order chi connectivity index (χ0) is 18.6. The highest BCUT2D eigenvalue weighted by atomic mass is 16.5. The minimum atomic E-state index is -0.126. The molecular weight excluding hydrogens is 326 g/mol. The van der Waals surface area contributed by atoms with Gasteiger partial charge in [-0.2, -0.15) is 0 Å². The molecule has 0 amide bonds. The Bertz CT molecular complexity index is 746. The molecule has 4 nitrogen and oxygen atoms in total. The molecule has 1 aliphatic heterocycles. The van der Waals surface area contributed by atoms with Crippen molar-refractivity contribution in [2.24, 2.45) is 5.41 Å². The van der Waals surface area contributed by atoms with E-state index < -0.39 is 0 Å². The largest absolute Gasteiger partial charge is 0.508 e. The van der Waals surface area contributed by atoms with E-state index in [0.717, 1.165) is 43.7 Å². The lowest BCUT2D eigenvalue weighted by molar-refractivity contribution is 0.0284. The third-order valence-electron chi connectivity index (χ3n) is 5.58. The second-order valence-corrected chi connectivity index (χ2v) is 7.57. The van der Waals surface area contributed by atoms with Crippen LogP contribution in [0.1, 0.15) is 29.5 Å². The van der Waals surface area contributed by atoms with Gasteiger partial charge in [0.1, 0.15) is 11.5 Å². The summed E-state index contributed by atoms with van der Waals surface area (Å²) in [5.41, 5.74) is 3.34. The number of hydrogen-bond acceptors (Lipinski definition) is 4. The number of aryl methyl sites for hydroxylation is 1. The van der Waals surface area contributed by atoms with Crippen LogP contribution in [0.2, 0.25) is 0 Å². The number of aromatic hydroxyl groups is 1. The van der Waals surface area contributed by atoms with Crippen molar-refractivity contribution < 1.29 is 14.9 Å². The van der Waals surface area contributed by atoms with Crippen LogP contribution in [0.15, 0.2) is 42.5 Å². The van der Waals surface area contributed by atoms with Crippen molar-refractivity contribution in [1.29, 1.82) is 0 Å². The normalized spacial score (nSPS) is 20.9. The number of hydrogen-bond donors (Lipinski definition) is 2. The molecule has 1 saturated heterocycles. The summed E-state index contributed by atoms with van der Waals surface area (Å²) >= 11 is 0. The third kappa shape index (κ3) is 4.19. The van der Waals surface area contributed by atoms with Crippen molar-refractivity contribution in [1.82, 2.24) is 4.90 Å².